The molecule has 64 heavy (non-hydrogen) atoms. The molecule has 1 atom stereocenters. The van der Waals surface area contributed by atoms with Crippen LogP contribution in [0.5, 0.6) is 0 Å². The Morgan fingerprint density at radius 2 is 0.609 bits per heavy atom. The molecule has 0 heterocycles. The zero-order valence-electron chi connectivity index (χ0n) is 42.6. The fourth-order valence-electron chi connectivity index (χ4n) is 7.92. The minimum Gasteiger partial charge on any atom is -0.462 e. The summed E-state index contributed by atoms with van der Waals surface area (Å²) in [6.07, 6.45) is 63.8. The standard InChI is InChI=1S/C58H104O6/c1-4-7-10-13-16-19-22-25-28-29-31-33-36-39-42-45-48-51-57(60)63-54-55(53-62-56(59)50-47-44-41-38-35-32-27-24-21-18-15-12-9-6-3)64-58(61)52-49-46-43-40-37-34-30-26-23-20-17-14-11-8-5-2/h8,11,17,20,25-26,28,30,55H,4-7,9-10,12-16,18-19,21-24,27,29,31-54H2,1-3H3/b11-8-,20-17-,28-25-,30-26-. The van der Waals surface area contributed by atoms with Crippen molar-refractivity contribution < 1.29 is 28.6 Å². The third-order valence-corrected chi connectivity index (χ3v) is 12.1. The molecule has 0 bridgehead atoms. The summed E-state index contributed by atoms with van der Waals surface area (Å²) in [6.45, 7) is 6.53. The SMILES string of the molecule is CC/C=C\C/C=C\C/C=C\CCCCCCCC(=O)OC(COC(=O)CCCCCCCCC/C=C\CCCCCCCC)COC(=O)CCCCCCCCCCCCCCCC. The molecule has 0 spiro atoms. The van der Waals surface area contributed by atoms with Crippen LogP contribution < -0.4 is 0 Å². The molecule has 1 unspecified atom stereocenters. The molecule has 0 radical (unpaired) electrons. The van der Waals surface area contributed by atoms with Crippen molar-refractivity contribution in [3.8, 4) is 0 Å². The molecule has 0 aliphatic carbocycles. The molecule has 0 saturated carbocycles. The van der Waals surface area contributed by atoms with Crippen molar-refractivity contribution in [2.24, 2.45) is 0 Å². The van der Waals surface area contributed by atoms with Crippen LogP contribution in [0.3, 0.4) is 0 Å². The van der Waals surface area contributed by atoms with Gasteiger partial charge in [0.2, 0.25) is 0 Å². The van der Waals surface area contributed by atoms with E-state index in [9.17, 15) is 14.4 Å². The van der Waals surface area contributed by atoms with Gasteiger partial charge in [-0.3, -0.25) is 14.4 Å². The Kier molecular flexibility index (Phi) is 50.8. The smallest absolute Gasteiger partial charge is 0.306 e. The van der Waals surface area contributed by atoms with Crippen molar-refractivity contribution in [3.63, 3.8) is 0 Å². The van der Waals surface area contributed by atoms with Crippen molar-refractivity contribution in [1.29, 1.82) is 0 Å². The van der Waals surface area contributed by atoms with Gasteiger partial charge in [-0.15, -0.1) is 0 Å². The molecule has 6 nitrogen and oxygen atoms in total. The molecule has 0 aromatic heterocycles. The second kappa shape index (κ2) is 53.0. The van der Waals surface area contributed by atoms with Crippen LogP contribution >= 0.6 is 0 Å². The van der Waals surface area contributed by atoms with Gasteiger partial charge in [0, 0.05) is 19.3 Å². The maximum absolute atomic E-state index is 12.8. The zero-order valence-corrected chi connectivity index (χ0v) is 42.6. The molecule has 0 amide bonds. The van der Waals surface area contributed by atoms with E-state index in [-0.39, 0.29) is 31.1 Å². The molecular weight excluding hydrogens is 793 g/mol. The van der Waals surface area contributed by atoms with E-state index in [0.717, 1.165) is 96.3 Å². The predicted octanol–water partition coefficient (Wildman–Crippen LogP) is 18.3. The van der Waals surface area contributed by atoms with Crippen LogP contribution in [0.4, 0.5) is 0 Å². The highest BCUT2D eigenvalue weighted by atomic mass is 16.6. The molecule has 0 aromatic rings. The number of unbranched alkanes of at least 4 members (excludes halogenated alkanes) is 31. The number of carbonyl (C=O) groups is 3. The van der Waals surface area contributed by atoms with E-state index < -0.39 is 6.10 Å². The lowest BCUT2D eigenvalue weighted by Crippen LogP contribution is -2.30. The van der Waals surface area contributed by atoms with Crippen LogP contribution in [0, 0.1) is 0 Å². The first kappa shape index (κ1) is 61.4. The summed E-state index contributed by atoms with van der Waals surface area (Å²) in [5.41, 5.74) is 0. The zero-order chi connectivity index (χ0) is 46.5. The molecule has 372 valence electrons. The Morgan fingerprint density at radius 1 is 0.328 bits per heavy atom. The number of esters is 3. The van der Waals surface area contributed by atoms with Crippen molar-refractivity contribution in [3.05, 3.63) is 48.6 Å². The van der Waals surface area contributed by atoms with E-state index in [1.54, 1.807) is 0 Å². The average molecular weight is 897 g/mol. The molecule has 0 rings (SSSR count). The van der Waals surface area contributed by atoms with Crippen molar-refractivity contribution in [2.45, 2.75) is 290 Å². The van der Waals surface area contributed by atoms with Gasteiger partial charge in [0.15, 0.2) is 6.10 Å². The van der Waals surface area contributed by atoms with Gasteiger partial charge in [0.1, 0.15) is 13.2 Å². The van der Waals surface area contributed by atoms with E-state index in [1.165, 1.54) is 148 Å². The van der Waals surface area contributed by atoms with E-state index >= 15 is 0 Å². The molecular formula is C58H104O6. The number of hydrogen-bond acceptors (Lipinski definition) is 6. The Balaban J connectivity index is 4.38. The molecule has 0 N–H and O–H groups in total. The van der Waals surface area contributed by atoms with Crippen molar-refractivity contribution >= 4 is 17.9 Å². The topological polar surface area (TPSA) is 78.9 Å². The van der Waals surface area contributed by atoms with Crippen LogP contribution in [-0.2, 0) is 28.6 Å². The van der Waals surface area contributed by atoms with Gasteiger partial charge in [-0.05, 0) is 77.0 Å². The molecule has 6 heteroatoms. The Bertz CT molecular complexity index is 1120. The number of ether oxygens (including phenoxy) is 3. The maximum Gasteiger partial charge on any atom is 0.306 e. The van der Waals surface area contributed by atoms with Gasteiger partial charge in [0.25, 0.3) is 0 Å². The molecule has 0 fully saturated rings. The summed E-state index contributed by atoms with van der Waals surface area (Å²) in [5, 5.41) is 0. The lowest BCUT2D eigenvalue weighted by atomic mass is 10.0. The summed E-state index contributed by atoms with van der Waals surface area (Å²) in [4.78, 5) is 38.1. The van der Waals surface area contributed by atoms with E-state index in [1.807, 2.05) is 0 Å². The van der Waals surface area contributed by atoms with E-state index in [0.29, 0.717) is 19.3 Å². The first-order valence-electron chi connectivity index (χ1n) is 27.6. The number of hydrogen-bond donors (Lipinski definition) is 0. The van der Waals surface area contributed by atoms with Gasteiger partial charge < -0.3 is 14.2 Å². The molecule has 0 aromatic carbocycles. The Morgan fingerprint density at radius 3 is 0.969 bits per heavy atom. The molecule has 0 aliphatic heterocycles. The van der Waals surface area contributed by atoms with Gasteiger partial charge in [-0.2, -0.15) is 0 Å². The first-order chi connectivity index (χ1) is 31.5. The largest absolute Gasteiger partial charge is 0.462 e. The second-order valence-corrected chi connectivity index (χ2v) is 18.5. The highest BCUT2D eigenvalue weighted by molar-refractivity contribution is 5.71. The number of carbonyl (C=O) groups excluding carboxylic acids is 3. The lowest BCUT2D eigenvalue weighted by molar-refractivity contribution is -0.167. The quantitative estimate of drug-likeness (QED) is 0.0262. The summed E-state index contributed by atoms with van der Waals surface area (Å²) in [6, 6.07) is 0. The second-order valence-electron chi connectivity index (χ2n) is 18.5. The third-order valence-electron chi connectivity index (χ3n) is 12.1. The normalized spacial score (nSPS) is 12.4. The van der Waals surface area contributed by atoms with E-state index in [2.05, 4.69) is 69.4 Å². The monoisotopic (exact) mass is 897 g/mol. The number of allylic oxidation sites excluding steroid dienone is 8. The summed E-state index contributed by atoms with van der Waals surface area (Å²) in [7, 11) is 0. The fourth-order valence-corrected chi connectivity index (χ4v) is 7.92. The van der Waals surface area contributed by atoms with Gasteiger partial charge >= 0.3 is 17.9 Å². The highest BCUT2D eigenvalue weighted by Crippen LogP contribution is 2.16. The van der Waals surface area contributed by atoms with Crippen LogP contribution in [0.2, 0.25) is 0 Å². The highest BCUT2D eigenvalue weighted by Gasteiger charge is 2.19. The van der Waals surface area contributed by atoms with Crippen LogP contribution in [0.15, 0.2) is 48.6 Å². The van der Waals surface area contributed by atoms with Crippen LogP contribution in [-0.4, -0.2) is 37.2 Å². The van der Waals surface area contributed by atoms with Crippen LogP contribution in [0.25, 0.3) is 0 Å². The minimum absolute atomic E-state index is 0.0788. The predicted molar refractivity (Wildman–Crippen MR) is 275 cm³/mol. The minimum atomic E-state index is -0.781. The van der Waals surface area contributed by atoms with Gasteiger partial charge in [0.05, 0.1) is 0 Å². The van der Waals surface area contributed by atoms with Gasteiger partial charge in [-0.1, -0.05) is 236 Å². The lowest BCUT2D eigenvalue weighted by Gasteiger charge is -2.18. The Hall–Kier alpha value is -2.63. The number of rotatable bonds is 50. The van der Waals surface area contributed by atoms with Crippen molar-refractivity contribution in [2.75, 3.05) is 13.2 Å². The molecule has 0 aliphatic rings. The van der Waals surface area contributed by atoms with E-state index in [4.69, 9.17) is 14.2 Å². The maximum atomic E-state index is 12.8. The first-order valence-corrected chi connectivity index (χ1v) is 27.6. The summed E-state index contributed by atoms with van der Waals surface area (Å²) >= 11 is 0. The third kappa shape index (κ3) is 50.4. The van der Waals surface area contributed by atoms with Gasteiger partial charge in [-0.25, -0.2) is 0 Å². The molecule has 0 saturated heterocycles. The average Bonchev–Trinajstić information content (AvgIpc) is 3.29. The fraction of sp³-hybridized carbons (Fsp3) is 0.810. The van der Waals surface area contributed by atoms with Crippen LogP contribution in [0.1, 0.15) is 284 Å². The summed E-state index contributed by atoms with van der Waals surface area (Å²) in [5.74, 6) is -0.888. The Labute approximate surface area is 397 Å². The summed E-state index contributed by atoms with van der Waals surface area (Å²) < 4.78 is 16.8. The van der Waals surface area contributed by atoms with Crippen molar-refractivity contribution in [1.82, 2.24) is 0 Å².